The van der Waals surface area contributed by atoms with E-state index >= 15 is 0 Å². The van der Waals surface area contributed by atoms with Crippen LogP contribution in [0.4, 0.5) is 10.1 Å². The third-order valence-corrected chi connectivity index (χ3v) is 8.23. The summed E-state index contributed by atoms with van der Waals surface area (Å²) in [5.74, 6) is -0.966. The summed E-state index contributed by atoms with van der Waals surface area (Å²) in [5.41, 5.74) is 0.229. The predicted molar refractivity (Wildman–Crippen MR) is 158 cm³/mol. The molecular weight excluding hydrogens is 569 g/mol. The number of rotatable bonds is 11. The maximum Gasteiger partial charge on any atom is 0.264 e. The van der Waals surface area contributed by atoms with Crippen molar-refractivity contribution in [2.24, 2.45) is 0 Å². The van der Waals surface area contributed by atoms with Gasteiger partial charge in [0.15, 0.2) is 0 Å². The summed E-state index contributed by atoms with van der Waals surface area (Å²) in [5, 5.41) is 3.30. The Kier molecular flexibility index (Phi) is 10.4. The summed E-state index contributed by atoms with van der Waals surface area (Å²) in [6, 6.07) is 16.5. The van der Waals surface area contributed by atoms with Crippen molar-refractivity contribution < 1.29 is 27.1 Å². The lowest BCUT2D eigenvalue weighted by Crippen LogP contribution is -2.55. The Labute approximate surface area is 246 Å². The minimum absolute atomic E-state index is 0.0355. The molecule has 0 heterocycles. The number of nitrogens with one attached hydrogen (secondary N) is 1. The summed E-state index contributed by atoms with van der Waals surface area (Å²) in [4.78, 5) is 28.6. The summed E-state index contributed by atoms with van der Waals surface area (Å²) >= 11 is 6.06. The molecule has 11 heteroatoms. The van der Waals surface area contributed by atoms with E-state index in [2.05, 4.69) is 5.32 Å². The van der Waals surface area contributed by atoms with Crippen LogP contribution in [0.25, 0.3) is 0 Å². The molecule has 220 valence electrons. The highest BCUT2D eigenvalue weighted by molar-refractivity contribution is 7.92. The topological polar surface area (TPSA) is 96.0 Å². The highest BCUT2D eigenvalue weighted by atomic mass is 35.5. The first-order chi connectivity index (χ1) is 19.2. The number of anilines is 1. The number of amides is 2. The molecule has 0 saturated heterocycles. The van der Waals surface area contributed by atoms with Crippen molar-refractivity contribution >= 4 is 39.1 Å². The first kappa shape index (κ1) is 31.9. The van der Waals surface area contributed by atoms with Crippen LogP contribution in [0.1, 0.15) is 39.7 Å². The molecule has 0 fully saturated rings. The normalized spacial score (nSPS) is 12.4. The quantitative estimate of drug-likeness (QED) is 0.316. The van der Waals surface area contributed by atoms with Gasteiger partial charge in [-0.15, -0.1) is 0 Å². The number of hydrogen-bond acceptors (Lipinski definition) is 5. The van der Waals surface area contributed by atoms with E-state index in [4.69, 9.17) is 16.3 Å². The van der Waals surface area contributed by atoms with Crippen LogP contribution in [0, 0.1) is 5.82 Å². The molecule has 0 aromatic heterocycles. The molecule has 0 bridgehead atoms. The Bertz CT molecular complexity index is 1440. The van der Waals surface area contributed by atoms with Gasteiger partial charge in [0.05, 0.1) is 17.7 Å². The molecule has 3 aromatic rings. The molecule has 1 atom stereocenters. The van der Waals surface area contributed by atoms with Gasteiger partial charge in [0.2, 0.25) is 11.8 Å². The van der Waals surface area contributed by atoms with Crippen molar-refractivity contribution in [3.63, 3.8) is 0 Å². The standard InChI is InChI=1S/C30H35ClFN3O5S/c1-6-27(29(37)33-30(2,3)4)34(19-21-7-11-23(32)12-8-21)28(36)20-35(24-13-9-22(31)10-14-24)41(38,39)26-17-15-25(40-5)16-18-26/h7-18,27H,6,19-20H2,1-5H3,(H,33,37)/t27-/m0/s1. The SMILES string of the molecule is CC[C@@H](C(=O)NC(C)(C)C)N(Cc1ccc(F)cc1)C(=O)CN(c1ccc(Cl)cc1)S(=O)(=O)c1ccc(OC)cc1. The number of methoxy groups -OCH3 is 1. The van der Waals surface area contributed by atoms with Gasteiger partial charge in [-0.1, -0.05) is 30.7 Å². The van der Waals surface area contributed by atoms with Crippen molar-refractivity contribution in [1.82, 2.24) is 10.2 Å². The van der Waals surface area contributed by atoms with E-state index in [9.17, 15) is 22.4 Å². The molecule has 0 aliphatic heterocycles. The number of benzene rings is 3. The smallest absolute Gasteiger partial charge is 0.264 e. The second-order valence-corrected chi connectivity index (χ2v) is 12.8. The van der Waals surface area contributed by atoms with Crippen LogP contribution in [0.3, 0.4) is 0 Å². The first-order valence-electron chi connectivity index (χ1n) is 13.0. The van der Waals surface area contributed by atoms with E-state index in [1.165, 1.54) is 84.8 Å². The maximum absolute atomic E-state index is 14.0. The molecule has 1 N–H and O–H groups in total. The third-order valence-electron chi connectivity index (χ3n) is 6.19. The van der Waals surface area contributed by atoms with E-state index in [-0.39, 0.29) is 29.5 Å². The molecule has 2 amide bonds. The number of ether oxygens (including phenoxy) is 1. The fourth-order valence-electron chi connectivity index (χ4n) is 4.17. The highest BCUT2D eigenvalue weighted by Gasteiger charge is 2.34. The van der Waals surface area contributed by atoms with E-state index in [1.54, 1.807) is 6.92 Å². The molecule has 0 unspecified atom stereocenters. The van der Waals surface area contributed by atoms with Gasteiger partial charge in [-0.05, 0) is 93.4 Å². The first-order valence-corrected chi connectivity index (χ1v) is 14.8. The zero-order chi connectivity index (χ0) is 30.4. The van der Waals surface area contributed by atoms with Crippen LogP contribution in [0.5, 0.6) is 5.75 Å². The predicted octanol–water partition coefficient (Wildman–Crippen LogP) is 5.41. The van der Waals surface area contributed by atoms with Crippen molar-refractivity contribution in [3.8, 4) is 5.75 Å². The van der Waals surface area contributed by atoms with E-state index in [1.807, 2.05) is 20.8 Å². The Hall–Kier alpha value is -3.63. The summed E-state index contributed by atoms with van der Waals surface area (Å²) in [6.45, 7) is 6.61. The number of carbonyl (C=O) groups is 2. The van der Waals surface area contributed by atoms with Gasteiger partial charge in [0.25, 0.3) is 10.0 Å². The molecule has 3 rings (SSSR count). The molecule has 8 nitrogen and oxygen atoms in total. The zero-order valence-corrected chi connectivity index (χ0v) is 25.3. The summed E-state index contributed by atoms with van der Waals surface area (Å²) in [6.07, 6.45) is 0.265. The van der Waals surface area contributed by atoms with Crippen LogP contribution in [0.2, 0.25) is 5.02 Å². The van der Waals surface area contributed by atoms with Crippen LogP contribution < -0.4 is 14.4 Å². The van der Waals surface area contributed by atoms with Gasteiger partial charge in [0.1, 0.15) is 24.2 Å². The Balaban J connectivity index is 2.06. The molecule has 0 aliphatic rings. The second kappa shape index (κ2) is 13.4. The molecule has 41 heavy (non-hydrogen) atoms. The highest BCUT2D eigenvalue weighted by Crippen LogP contribution is 2.27. The van der Waals surface area contributed by atoms with Gasteiger partial charge < -0.3 is 15.0 Å². The van der Waals surface area contributed by atoms with Crippen molar-refractivity contribution in [1.29, 1.82) is 0 Å². The van der Waals surface area contributed by atoms with Crippen LogP contribution in [-0.2, 0) is 26.2 Å². The number of sulfonamides is 1. The summed E-state index contributed by atoms with van der Waals surface area (Å²) < 4.78 is 47.5. The molecular formula is C30H35ClFN3O5S. The van der Waals surface area contributed by atoms with Crippen LogP contribution >= 0.6 is 11.6 Å². The lowest BCUT2D eigenvalue weighted by Gasteiger charge is -2.34. The zero-order valence-electron chi connectivity index (χ0n) is 23.7. The Morgan fingerprint density at radius 1 is 0.976 bits per heavy atom. The van der Waals surface area contributed by atoms with E-state index in [0.29, 0.717) is 16.3 Å². The number of carbonyl (C=O) groups excluding carboxylic acids is 2. The number of halogens is 2. The molecule has 3 aromatic carbocycles. The van der Waals surface area contributed by atoms with Gasteiger partial charge >= 0.3 is 0 Å². The molecule has 0 saturated carbocycles. The van der Waals surface area contributed by atoms with E-state index < -0.39 is 39.9 Å². The number of nitrogens with zero attached hydrogens (tertiary/aromatic N) is 2. The Morgan fingerprint density at radius 3 is 2.07 bits per heavy atom. The van der Waals surface area contributed by atoms with Crippen molar-refractivity contribution in [2.45, 2.75) is 57.1 Å². The van der Waals surface area contributed by atoms with Gasteiger partial charge in [0, 0.05) is 17.1 Å². The van der Waals surface area contributed by atoms with Gasteiger partial charge in [-0.25, -0.2) is 12.8 Å². The van der Waals surface area contributed by atoms with Crippen molar-refractivity contribution in [3.05, 3.63) is 89.2 Å². The fraction of sp³-hybridized carbons (Fsp3) is 0.333. The molecule has 0 spiro atoms. The lowest BCUT2D eigenvalue weighted by atomic mass is 10.1. The molecule has 0 aliphatic carbocycles. The average molecular weight is 604 g/mol. The molecule has 0 radical (unpaired) electrons. The fourth-order valence-corrected chi connectivity index (χ4v) is 5.71. The van der Waals surface area contributed by atoms with Crippen LogP contribution in [0.15, 0.2) is 77.7 Å². The van der Waals surface area contributed by atoms with Crippen LogP contribution in [-0.4, -0.2) is 50.4 Å². The Morgan fingerprint density at radius 2 is 1.56 bits per heavy atom. The van der Waals surface area contributed by atoms with Crippen molar-refractivity contribution in [2.75, 3.05) is 18.0 Å². The average Bonchev–Trinajstić information content (AvgIpc) is 2.92. The largest absolute Gasteiger partial charge is 0.497 e. The third kappa shape index (κ3) is 8.43. The minimum atomic E-state index is -4.24. The lowest BCUT2D eigenvalue weighted by molar-refractivity contribution is -0.141. The van der Waals surface area contributed by atoms with Gasteiger partial charge in [-0.2, -0.15) is 0 Å². The second-order valence-electron chi connectivity index (χ2n) is 10.5. The summed E-state index contributed by atoms with van der Waals surface area (Å²) in [7, 11) is -2.77. The maximum atomic E-state index is 14.0. The number of hydrogen-bond donors (Lipinski definition) is 1. The van der Waals surface area contributed by atoms with Gasteiger partial charge in [-0.3, -0.25) is 13.9 Å². The monoisotopic (exact) mass is 603 g/mol. The minimum Gasteiger partial charge on any atom is -0.497 e. The van der Waals surface area contributed by atoms with E-state index in [0.717, 1.165) is 4.31 Å².